The van der Waals surface area contributed by atoms with E-state index in [0.717, 1.165) is 5.75 Å². The van der Waals surface area contributed by atoms with Crippen LogP contribution in [0.25, 0.3) is 0 Å². The van der Waals surface area contributed by atoms with Crippen molar-refractivity contribution in [3.05, 3.63) is 29.8 Å². The highest BCUT2D eigenvalue weighted by Crippen LogP contribution is 2.40. The molecule has 1 fully saturated rings. The van der Waals surface area contributed by atoms with Gasteiger partial charge in [0.2, 0.25) is 0 Å². The fourth-order valence-electron chi connectivity index (χ4n) is 2.35. The molecule has 0 heterocycles. The number of carbonyl (C=O) groups excluding carboxylic acids is 1. The summed E-state index contributed by atoms with van der Waals surface area (Å²) in [7, 11) is 0. The summed E-state index contributed by atoms with van der Waals surface area (Å²) < 4.78 is 5.60. The number of carbonyl (C=O) groups is 1. The number of benzene rings is 1. The van der Waals surface area contributed by atoms with E-state index in [-0.39, 0.29) is 23.5 Å². The largest absolute Gasteiger partial charge is 0.493 e. The first kappa shape index (κ1) is 15.8. The first-order chi connectivity index (χ1) is 9.80. The Bertz CT molecular complexity index is 493. The van der Waals surface area contributed by atoms with E-state index >= 15 is 0 Å². The number of hydrogen-bond acceptors (Lipinski definition) is 3. The van der Waals surface area contributed by atoms with Crippen LogP contribution in [0.2, 0.25) is 0 Å². The number of aliphatic hydroxyl groups excluding tert-OH is 1. The second-order valence-corrected chi connectivity index (χ2v) is 6.83. The number of rotatable bonds is 5. The smallest absolute Gasteiger partial charge is 0.251 e. The van der Waals surface area contributed by atoms with E-state index in [1.807, 2.05) is 26.0 Å². The predicted octanol–water partition coefficient (Wildman–Crippen LogP) is 2.61. The van der Waals surface area contributed by atoms with Gasteiger partial charge in [-0.2, -0.15) is 0 Å². The second-order valence-electron chi connectivity index (χ2n) is 6.83. The zero-order chi connectivity index (χ0) is 15.6. The van der Waals surface area contributed by atoms with Crippen molar-refractivity contribution in [2.45, 2.75) is 46.3 Å². The monoisotopic (exact) mass is 291 g/mol. The highest BCUT2D eigenvalue weighted by atomic mass is 16.5. The van der Waals surface area contributed by atoms with Crippen molar-refractivity contribution in [2.24, 2.45) is 11.3 Å². The van der Waals surface area contributed by atoms with Crippen LogP contribution in [-0.2, 0) is 0 Å². The Hall–Kier alpha value is -1.55. The highest BCUT2D eigenvalue weighted by molar-refractivity contribution is 5.94. The molecule has 1 aromatic carbocycles. The summed E-state index contributed by atoms with van der Waals surface area (Å²) in [5.41, 5.74) is 0.361. The maximum atomic E-state index is 12.2. The van der Waals surface area contributed by atoms with Crippen LogP contribution in [0.1, 0.15) is 44.5 Å². The number of hydrogen-bond donors (Lipinski definition) is 2. The van der Waals surface area contributed by atoms with E-state index in [4.69, 9.17) is 4.74 Å². The van der Waals surface area contributed by atoms with E-state index in [1.54, 1.807) is 12.1 Å². The third-order valence-electron chi connectivity index (χ3n) is 4.22. The van der Waals surface area contributed by atoms with Gasteiger partial charge in [-0.25, -0.2) is 0 Å². The molecular weight excluding hydrogens is 266 g/mol. The molecule has 0 bridgehead atoms. The van der Waals surface area contributed by atoms with Crippen LogP contribution >= 0.6 is 0 Å². The van der Waals surface area contributed by atoms with Crippen molar-refractivity contribution in [1.82, 2.24) is 5.32 Å². The number of aliphatic hydroxyl groups is 1. The molecule has 0 aliphatic heterocycles. The first-order valence-corrected chi connectivity index (χ1v) is 7.52. The van der Waals surface area contributed by atoms with Gasteiger partial charge < -0.3 is 15.2 Å². The van der Waals surface area contributed by atoms with Crippen LogP contribution in [0.15, 0.2) is 24.3 Å². The standard InChI is InChI=1S/C17H25NO3/c1-11(2)10-21-13-7-5-12(6-8-13)16(20)18-14-9-15(19)17(14,3)4/h5-8,11,14-15,19H,9-10H2,1-4H3,(H,18,20). The van der Waals surface area contributed by atoms with Gasteiger partial charge >= 0.3 is 0 Å². The van der Waals surface area contributed by atoms with Crippen molar-refractivity contribution < 1.29 is 14.6 Å². The average Bonchev–Trinajstić information content (AvgIpc) is 2.45. The van der Waals surface area contributed by atoms with E-state index in [2.05, 4.69) is 19.2 Å². The molecule has 2 atom stereocenters. The number of amides is 1. The summed E-state index contributed by atoms with van der Waals surface area (Å²) in [5.74, 6) is 1.15. The molecule has 4 heteroatoms. The van der Waals surface area contributed by atoms with Crippen molar-refractivity contribution in [3.8, 4) is 5.75 Å². The molecule has 116 valence electrons. The van der Waals surface area contributed by atoms with Crippen LogP contribution in [0.4, 0.5) is 0 Å². The van der Waals surface area contributed by atoms with Gasteiger partial charge in [0.25, 0.3) is 5.91 Å². The molecule has 2 unspecified atom stereocenters. The van der Waals surface area contributed by atoms with E-state index in [9.17, 15) is 9.90 Å². The summed E-state index contributed by atoms with van der Waals surface area (Å²) in [5, 5.41) is 12.7. The Labute approximate surface area is 126 Å². The molecule has 2 rings (SSSR count). The van der Waals surface area contributed by atoms with E-state index in [1.165, 1.54) is 0 Å². The van der Waals surface area contributed by atoms with Crippen LogP contribution in [0.5, 0.6) is 5.75 Å². The minimum atomic E-state index is -0.338. The molecule has 0 radical (unpaired) electrons. The van der Waals surface area contributed by atoms with E-state index in [0.29, 0.717) is 24.5 Å². The van der Waals surface area contributed by atoms with Crippen molar-refractivity contribution in [1.29, 1.82) is 0 Å². The van der Waals surface area contributed by atoms with Gasteiger partial charge in [0, 0.05) is 17.0 Å². The SMILES string of the molecule is CC(C)COc1ccc(C(=O)NC2CC(O)C2(C)C)cc1. The maximum Gasteiger partial charge on any atom is 0.251 e. The van der Waals surface area contributed by atoms with E-state index < -0.39 is 0 Å². The van der Waals surface area contributed by atoms with Crippen molar-refractivity contribution in [2.75, 3.05) is 6.61 Å². The fraction of sp³-hybridized carbons (Fsp3) is 0.588. The Kier molecular flexibility index (Phi) is 4.57. The van der Waals surface area contributed by atoms with Crippen LogP contribution in [0, 0.1) is 11.3 Å². The number of ether oxygens (including phenoxy) is 1. The summed E-state index contributed by atoms with van der Waals surface area (Å²) >= 11 is 0. The molecule has 21 heavy (non-hydrogen) atoms. The lowest BCUT2D eigenvalue weighted by Gasteiger charge is -2.49. The van der Waals surface area contributed by atoms with Gasteiger partial charge in [-0.05, 0) is 36.6 Å². The molecule has 0 spiro atoms. The third kappa shape index (κ3) is 3.56. The molecule has 1 amide bonds. The normalized spacial score (nSPS) is 23.5. The highest BCUT2D eigenvalue weighted by Gasteiger charge is 2.47. The summed E-state index contributed by atoms with van der Waals surface area (Å²) in [4.78, 5) is 12.2. The molecule has 4 nitrogen and oxygen atoms in total. The van der Waals surface area contributed by atoms with Gasteiger partial charge in [0.1, 0.15) is 5.75 Å². The summed E-state index contributed by atoms with van der Waals surface area (Å²) in [6.07, 6.45) is 0.281. The summed E-state index contributed by atoms with van der Waals surface area (Å²) in [6.45, 7) is 8.79. The zero-order valence-electron chi connectivity index (χ0n) is 13.2. The molecule has 1 aliphatic carbocycles. The van der Waals surface area contributed by atoms with Gasteiger partial charge in [-0.1, -0.05) is 27.7 Å². The zero-order valence-corrected chi connectivity index (χ0v) is 13.2. The maximum absolute atomic E-state index is 12.2. The van der Waals surface area contributed by atoms with Gasteiger partial charge in [0.05, 0.1) is 12.7 Å². The topological polar surface area (TPSA) is 58.6 Å². The molecular formula is C17H25NO3. The lowest BCUT2D eigenvalue weighted by molar-refractivity contribution is -0.0689. The fourth-order valence-corrected chi connectivity index (χ4v) is 2.35. The Morgan fingerprint density at radius 1 is 1.38 bits per heavy atom. The molecule has 1 saturated carbocycles. The predicted molar refractivity (Wildman–Crippen MR) is 82.4 cm³/mol. The van der Waals surface area contributed by atoms with Crippen molar-refractivity contribution in [3.63, 3.8) is 0 Å². The van der Waals surface area contributed by atoms with Gasteiger partial charge in [-0.3, -0.25) is 4.79 Å². The first-order valence-electron chi connectivity index (χ1n) is 7.52. The number of nitrogens with one attached hydrogen (secondary N) is 1. The quantitative estimate of drug-likeness (QED) is 0.876. The Morgan fingerprint density at radius 2 is 2.00 bits per heavy atom. The van der Waals surface area contributed by atoms with Gasteiger partial charge in [-0.15, -0.1) is 0 Å². The molecule has 1 aromatic rings. The summed E-state index contributed by atoms with van der Waals surface area (Å²) in [6, 6.07) is 7.20. The molecule has 0 saturated heterocycles. The Balaban J connectivity index is 1.91. The van der Waals surface area contributed by atoms with Crippen LogP contribution in [0.3, 0.4) is 0 Å². The minimum absolute atomic E-state index is 0.0249. The minimum Gasteiger partial charge on any atom is -0.493 e. The Morgan fingerprint density at radius 3 is 2.48 bits per heavy atom. The third-order valence-corrected chi connectivity index (χ3v) is 4.22. The second kappa shape index (κ2) is 6.06. The molecule has 1 aliphatic rings. The van der Waals surface area contributed by atoms with Crippen LogP contribution < -0.4 is 10.1 Å². The van der Waals surface area contributed by atoms with Crippen LogP contribution in [-0.4, -0.2) is 29.8 Å². The molecule has 0 aromatic heterocycles. The average molecular weight is 291 g/mol. The van der Waals surface area contributed by atoms with Crippen molar-refractivity contribution >= 4 is 5.91 Å². The van der Waals surface area contributed by atoms with Gasteiger partial charge in [0.15, 0.2) is 0 Å². The lowest BCUT2D eigenvalue weighted by Crippen LogP contribution is -2.61. The molecule has 2 N–H and O–H groups in total. The lowest BCUT2D eigenvalue weighted by atomic mass is 9.64.